The zero-order valence-electron chi connectivity index (χ0n) is 16.6. The summed E-state index contributed by atoms with van der Waals surface area (Å²) in [5.41, 5.74) is 0.699. The number of benzene rings is 1. The van der Waals surface area contributed by atoms with Gasteiger partial charge in [0.1, 0.15) is 22.6 Å². The molecule has 2 aromatic heterocycles. The number of ether oxygens (including phenoxy) is 2. The number of aromatic nitrogens is 2. The first-order valence-corrected chi connectivity index (χ1v) is 10.5. The minimum Gasteiger partial charge on any atom is -0.497 e. The third-order valence-corrected chi connectivity index (χ3v) is 6.62. The Morgan fingerprint density at radius 3 is 2.47 bits per heavy atom. The van der Waals surface area contributed by atoms with Crippen molar-refractivity contribution < 1.29 is 26.7 Å². The molecule has 0 saturated carbocycles. The number of sulfone groups is 1. The van der Waals surface area contributed by atoms with E-state index in [1.54, 1.807) is 18.2 Å². The molecular weight excluding hydrogens is 414 g/mol. The molecule has 9 heteroatoms. The maximum atomic E-state index is 13.8. The molecule has 158 valence electrons. The molecule has 1 unspecified atom stereocenters. The average molecular weight is 434 g/mol. The zero-order valence-corrected chi connectivity index (χ0v) is 17.4. The number of hydrogen-bond acceptors (Lipinski definition) is 6. The molecule has 30 heavy (non-hydrogen) atoms. The summed E-state index contributed by atoms with van der Waals surface area (Å²) >= 11 is 0. The third-order valence-electron chi connectivity index (χ3n) is 4.65. The first kappa shape index (κ1) is 21.6. The van der Waals surface area contributed by atoms with Crippen LogP contribution >= 0.6 is 0 Å². The van der Waals surface area contributed by atoms with E-state index >= 15 is 0 Å². The molecule has 2 heterocycles. The SMILES string of the molecule is COc1ccc(CC(c2cccc(F)n2)S(=O)(=O)c2cc(C)c(F)cn2)c(OC)c1. The summed E-state index contributed by atoms with van der Waals surface area (Å²) in [5, 5.41) is -1.59. The molecule has 0 bridgehead atoms. The van der Waals surface area contributed by atoms with E-state index in [1.165, 1.54) is 33.3 Å². The molecule has 1 atom stereocenters. The summed E-state index contributed by atoms with van der Waals surface area (Å²) in [7, 11) is -1.19. The van der Waals surface area contributed by atoms with Crippen LogP contribution in [0.4, 0.5) is 8.78 Å². The predicted octanol–water partition coefficient (Wildman–Crippen LogP) is 3.84. The Morgan fingerprint density at radius 2 is 1.83 bits per heavy atom. The van der Waals surface area contributed by atoms with E-state index in [0.717, 1.165) is 18.3 Å². The molecule has 0 aliphatic heterocycles. The van der Waals surface area contributed by atoms with Gasteiger partial charge in [-0.25, -0.2) is 22.8 Å². The fourth-order valence-corrected chi connectivity index (χ4v) is 4.69. The molecular formula is C21H20F2N2O4S. The molecule has 0 saturated heterocycles. The lowest BCUT2D eigenvalue weighted by Crippen LogP contribution is -2.19. The second kappa shape index (κ2) is 8.74. The fourth-order valence-electron chi connectivity index (χ4n) is 3.01. The van der Waals surface area contributed by atoms with Crippen molar-refractivity contribution in [1.82, 2.24) is 9.97 Å². The second-order valence-corrected chi connectivity index (χ2v) is 8.65. The van der Waals surface area contributed by atoms with Crippen molar-refractivity contribution in [3.05, 3.63) is 77.2 Å². The van der Waals surface area contributed by atoms with Crippen molar-refractivity contribution in [3.63, 3.8) is 0 Å². The van der Waals surface area contributed by atoms with E-state index in [1.807, 2.05) is 0 Å². The standard InChI is InChI=1S/C21H20F2N2O4S/c1-13-9-21(24-12-16(13)22)30(26,27)19(17-5-4-6-20(23)25-17)10-14-7-8-15(28-2)11-18(14)29-3/h4-9,11-12,19H,10H2,1-3H3. The van der Waals surface area contributed by atoms with Gasteiger partial charge in [-0.2, -0.15) is 4.39 Å². The largest absolute Gasteiger partial charge is 0.497 e. The summed E-state index contributed by atoms with van der Waals surface area (Å²) in [6, 6.07) is 10.1. The van der Waals surface area contributed by atoms with Crippen molar-refractivity contribution in [2.75, 3.05) is 14.2 Å². The summed E-state index contributed by atoms with van der Waals surface area (Å²) in [6.45, 7) is 1.44. The second-order valence-electron chi connectivity index (χ2n) is 6.57. The van der Waals surface area contributed by atoms with Gasteiger partial charge in [-0.05, 0) is 48.7 Å². The van der Waals surface area contributed by atoms with Crippen LogP contribution in [0, 0.1) is 18.7 Å². The lowest BCUT2D eigenvalue weighted by Gasteiger charge is -2.19. The summed E-state index contributed by atoms with van der Waals surface area (Å²) in [4.78, 5) is 7.53. The Bertz CT molecular complexity index is 1170. The van der Waals surface area contributed by atoms with Crippen molar-refractivity contribution >= 4 is 9.84 Å². The van der Waals surface area contributed by atoms with Crippen LogP contribution in [0.5, 0.6) is 11.5 Å². The number of nitrogens with zero attached hydrogens (tertiary/aromatic N) is 2. The van der Waals surface area contributed by atoms with E-state index in [0.29, 0.717) is 17.1 Å². The Balaban J connectivity index is 2.13. The van der Waals surface area contributed by atoms with Crippen LogP contribution < -0.4 is 9.47 Å². The predicted molar refractivity (Wildman–Crippen MR) is 106 cm³/mol. The molecule has 0 spiro atoms. The van der Waals surface area contributed by atoms with Crippen molar-refractivity contribution in [2.45, 2.75) is 23.6 Å². The number of rotatable bonds is 7. The molecule has 3 aromatic rings. The van der Waals surface area contributed by atoms with Gasteiger partial charge in [0.05, 0.1) is 26.1 Å². The van der Waals surface area contributed by atoms with Gasteiger partial charge in [0, 0.05) is 6.07 Å². The normalized spacial score (nSPS) is 12.4. The Kier molecular flexibility index (Phi) is 6.31. The number of methoxy groups -OCH3 is 2. The Hall–Kier alpha value is -3.07. The van der Waals surface area contributed by atoms with E-state index in [9.17, 15) is 17.2 Å². The van der Waals surface area contributed by atoms with Gasteiger partial charge in [-0.15, -0.1) is 0 Å². The quantitative estimate of drug-likeness (QED) is 0.526. The van der Waals surface area contributed by atoms with Gasteiger partial charge >= 0.3 is 0 Å². The lowest BCUT2D eigenvalue weighted by molar-refractivity contribution is 0.390. The number of aryl methyl sites for hydroxylation is 1. The zero-order chi connectivity index (χ0) is 21.9. The Morgan fingerprint density at radius 1 is 1.07 bits per heavy atom. The first-order chi connectivity index (χ1) is 14.3. The van der Waals surface area contributed by atoms with E-state index < -0.39 is 26.9 Å². The van der Waals surface area contributed by atoms with E-state index in [-0.39, 0.29) is 22.7 Å². The van der Waals surface area contributed by atoms with Gasteiger partial charge in [-0.1, -0.05) is 12.1 Å². The third kappa shape index (κ3) is 4.40. The molecule has 3 rings (SSSR count). The monoisotopic (exact) mass is 434 g/mol. The van der Waals surface area contributed by atoms with Gasteiger partial charge in [0.25, 0.3) is 0 Å². The number of hydrogen-bond donors (Lipinski definition) is 0. The van der Waals surface area contributed by atoms with Crippen LogP contribution in [0.1, 0.15) is 22.1 Å². The highest BCUT2D eigenvalue weighted by Crippen LogP contribution is 2.35. The molecule has 6 nitrogen and oxygen atoms in total. The van der Waals surface area contributed by atoms with Gasteiger partial charge in [0.15, 0.2) is 5.03 Å². The number of halogens is 2. The highest BCUT2D eigenvalue weighted by atomic mass is 32.2. The molecule has 0 radical (unpaired) electrons. The Labute approximate surface area is 173 Å². The minimum atomic E-state index is -4.14. The molecule has 0 aliphatic rings. The van der Waals surface area contributed by atoms with E-state index in [2.05, 4.69) is 9.97 Å². The first-order valence-electron chi connectivity index (χ1n) is 8.95. The van der Waals surface area contributed by atoms with Crippen LogP contribution in [-0.4, -0.2) is 32.6 Å². The van der Waals surface area contributed by atoms with Crippen LogP contribution in [0.3, 0.4) is 0 Å². The molecule has 0 amide bonds. The van der Waals surface area contributed by atoms with Crippen LogP contribution in [-0.2, 0) is 16.3 Å². The van der Waals surface area contributed by atoms with Gasteiger partial charge in [-0.3, -0.25) is 0 Å². The molecule has 0 aliphatic carbocycles. The lowest BCUT2D eigenvalue weighted by atomic mass is 10.1. The molecule has 0 fully saturated rings. The van der Waals surface area contributed by atoms with Crippen LogP contribution in [0.2, 0.25) is 0 Å². The summed E-state index contributed by atoms with van der Waals surface area (Å²) in [5.74, 6) is -0.479. The average Bonchev–Trinajstić information content (AvgIpc) is 2.73. The van der Waals surface area contributed by atoms with Crippen molar-refractivity contribution in [2.24, 2.45) is 0 Å². The van der Waals surface area contributed by atoms with E-state index in [4.69, 9.17) is 9.47 Å². The topological polar surface area (TPSA) is 78.4 Å². The fraction of sp³-hybridized carbons (Fsp3) is 0.238. The maximum absolute atomic E-state index is 13.8. The highest BCUT2D eigenvalue weighted by Gasteiger charge is 2.33. The summed E-state index contributed by atoms with van der Waals surface area (Å²) < 4.78 is 64.8. The van der Waals surface area contributed by atoms with Crippen LogP contribution in [0.25, 0.3) is 0 Å². The highest BCUT2D eigenvalue weighted by molar-refractivity contribution is 7.91. The maximum Gasteiger partial charge on any atom is 0.213 e. The minimum absolute atomic E-state index is 0.0108. The summed E-state index contributed by atoms with van der Waals surface area (Å²) in [6.07, 6.45) is 0.788. The van der Waals surface area contributed by atoms with Gasteiger partial charge in [0.2, 0.25) is 15.8 Å². The van der Waals surface area contributed by atoms with Crippen LogP contribution in [0.15, 0.2) is 53.7 Å². The van der Waals surface area contributed by atoms with Gasteiger partial charge < -0.3 is 9.47 Å². The molecule has 1 aromatic carbocycles. The smallest absolute Gasteiger partial charge is 0.213 e. The molecule has 0 N–H and O–H groups in total. The van der Waals surface area contributed by atoms with Crippen molar-refractivity contribution in [3.8, 4) is 11.5 Å². The van der Waals surface area contributed by atoms with Crippen molar-refractivity contribution in [1.29, 1.82) is 0 Å². The number of pyridine rings is 2.